The van der Waals surface area contributed by atoms with Gasteiger partial charge >= 0.3 is 0 Å². The smallest absolute Gasteiger partial charge is 0.171 e. The van der Waals surface area contributed by atoms with Gasteiger partial charge in [0.2, 0.25) is 0 Å². The lowest BCUT2D eigenvalue weighted by atomic mass is 10.2. The number of anilines is 1. The summed E-state index contributed by atoms with van der Waals surface area (Å²) in [6.45, 7) is 0.542. The Bertz CT molecular complexity index is 836. The minimum Gasteiger partial charge on any atom is -0.358 e. The molecule has 2 nitrogen and oxygen atoms in total. The average molecular weight is 369 g/mol. The summed E-state index contributed by atoms with van der Waals surface area (Å²) in [4.78, 5) is 2.27. The maximum absolute atomic E-state index is 12.9. The van der Waals surface area contributed by atoms with Gasteiger partial charge < -0.3 is 10.6 Å². The van der Waals surface area contributed by atoms with Crippen LogP contribution in [0.1, 0.15) is 5.56 Å². The van der Waals surface area contributed by atoms with Crippen molar-refractivity contribution >= 4 is 34.8 Å². The Hall–Kier alpha value is -2.37. The fourth-order valence-electron chi connectivity index (χ4n) is 2.23. The maximum Gasteiger partial charge on any atom is 0.171 e. The van der Waals surface area contributed by atoms with Crippen LogP contribution in [-0.4, -0.2) is 5.11 Å². The van der Waals surface area contributed by atoms with Gasteiger partial charge in [-0.15, -0.1) is 0 Å². The van der Waals surface area contributed by atoms with Crippen LogP contribution in [-0.2, 0) is 6.54 Å². The number of nitrogens with one attached hydrogen (secondary N) is 2. The number of benzene rings is 3. The lowest BCUT2D eigenvalue weighted by molar-refractivity contribution is 0.627. The van der Waals surface area contributed by atoms with Crippen molar-refractivity contribution in [2.24, 2.45) is 0 Å². The van der Waals surface area contributed by atoms with Gasteiger partial charge in [0.05, 0.1) is 5.69 Å². The molecule has 0 aromatic heterocycles. The second kappa shape index (κ2) is 8.65. The van der Waals surface area contributed by atoms with Crippen molar-refractivity contribution in [3.8, 4) is 0 Å². The molecule has 5 heteroatoms. The lowest BCUT2D eigenvalue weighted by Crippen LogP contribution is -2.28. The van der Waals surface area contributed by atoms with Crippen LogP contribution in [0, 0.1) is 5.82 Å². The van der Waals surface area contributed by atoms with E-state index in [9.17, 15) is 4.39 Å². The largest absolute Gasteiger partial charge is 0.358 e. The highest BCUT2D eigenvalue weighted by atomic mass is 32.2. The molecule has 0 aliphatic rings. The minimum atomic E-state index is -0.240. The molecule has 0 spiro atoms. The molecule has 2 N–H and O–H groups in total. The Kier molecular flexibility index (Phi) is 6.04. The van der Waals surface area contributed by atoms with Gasteiger partial charge in [0, 0.05) is 16.3 Å². The molecule has 126 valence electrons. The van der Waals surface area contributed by atoms with Crippen molar-refractivity contribution in [2.75, 3.05) is 5.32 Å². The zero-order valence-electron chi connectivity index (χ0n) is 13.4. The van der Waals surface area contributed by atoms with Crippen LogP contribution in [0.5, 0.6) is 0 Å². The first-order chi connectivity index (χ1) is 12.2. The summed E-state index contributed by atoms with van der Waals surface area (Å²) in [5.74, 6) is -0.240. The van der Waals surface area contributed by atoms with E-state index in [2.05, 4.69) is 28.8 Å². The average Bonchev–Trinajstić information content (AvgIpc) is 2.64. The first-order valence-corrected chi connectivity index (χ1v) is 9.04. The van der Waals surface area contributed by atoms with Crippen molar-refractivity contribution in [3.63, 3.8) is 0 Å². The third-order valence-electron chi connectivity index (χ3n) is 3.47. The molecule has 0 unspecified atom stereocenters. The number of thiocarbonyl (C=S) groups is 1. The predicted molar refractivity (Wildman–Crippen MR) is 106 cm³/mol. The standard InChI is InChI=1S/C20H17FN2S2/c21-16-12-10-15(11-13-16)14-22-20(24)23-18-8-4-5-9-19(18)25-17-6-2-1-3-7-17/h1-13H,14H2,(H2,22,23,24). The Morgan fingerprint density at radius 3 is 2.32 bits per heavy atom. The zero-order valence-corrected chi connectivity index (χ0v) is 15.0. The van der Waals surface area contributed by atoms with Crippen molar-refractivity contribution in [1.29, 1.82) is 0 Å². The van der Waals surface area contributed by atoms with Gasteiger partial charge in [-0.05, 0) is 54.2 Å². The molecule has 0 aliphatic carbocycles. The number of para-hydroxylation sites is 1. The fraction of sp³-hybridized carbons (Fsp3) is 0.0500. The zero-order chi connectivity index (χ0) is 17.5. The molecule has 0 aliphatic heterocycles. The van der Waals surface area contributed by atoms with E-state index in [1.54, 1.807) is 23.9 Å². The second-order valence-electron chi connectivity index (χ2n) is 5.35. The summed E-state index contributed by atoms with van der Waals surface area (Å²) in [5, 5.41) is 6.92. The molecule has 3 rings (SSSR count). The monoisotopic (exact) mass is 368 g/mol. The van der Waals surface area contributed by atoms with Crippen LogP contribution in [0.2, 0.25) is 0 Å². The van der Waals surface area contributed by atoms with E-state index in [-0.39, 0.29) is 5.82 Å². The first-order valence-electron chi connectivity index (χ1n) is 7.82. The highest BCUT2D eigenvalue weighted by molar-refractivity contribution is 7.99. The van der Waals surface area contributed by atoms with Gasteiger partial charge in [-0.25, -0.2) is 4.39 Å². The highest BCUT2D eigenvalue weighted by Gasteiger charge is 2.06. The van der Waals surface area contributed by atoms with Crippen molar-refractivity contribution < 1.29 is 4.39 Å². The lowest BCUT2D eigenvalue weighted by Gasteiger charge is -2.14. The molecule has 3 aromatic carbocycles. The number of hydrogen-bond donors (Lipinski definition) is 2. The minimum absolute atomic E-state index is 0.240. The summed E-state index contributed by atoms with van der Waals surface area (Å²) in [5.41, 5.74) is 1.92. The van der Waals surface area contributed by atoms with Crippen LogP contribution in [0.3, 0.4) is 0 Å². The molecule has 0 saturated heterocycles. The fourth-order valence-corrected chi connectivity index (χ4v) is 3.33. The molecule has 0 bridgehead atoms. The Morgan fingerprint density at radius 2 is 1.56 bits per heavy atom. The molecule has 0 atom stereocenters. The van der Waals surface area contributed by atoms with E-state index in [1.807, 2.05) is 36.4 Å². The van der Waals surface area contributed by atoms with Gasteiger partial charge in [0.15, 0.2) is 5.11 Å². The highest BCUT2D eigenvalue weighted by Crippen LogP contribution is 2.33. The van der Waals surface area contributed by atoms with Crippen LogP contribution < -0.4 is 10.6 Å². The van der Waals surface area contributed by atoms with Crippen LogP contribution >= 0.6 is 24.0 Å². The summed E-state index contributed by atoms with van der Waals surface area (Å²) in [6, 6.07) is 24.6. The van der Waals surface area contributed by atoms with E-state index < -0.39 is 0 Å². The summed E-state index contributed by atoms with van der Waals surface area (Å²) < 4.78 is 12.9. The molecule has 25 heavy (non-hydrogen) atoms. The summed E-state index contributed by atoms with van der Waals surface area (Å²) in [6.07, 6.45) is 0. The summed E-state index contributed by atoms with van der Waals surface area (Å²) in [7, 11) is 0. The Labute approximate surface area is 156 Å². The molecule has 0 saturated carbocycles. The maximum atomic E-state index is 12.9. The predicted octanol–water partition coefficient (Wildman–Crippen LogP) is 5.46. The molecular formula is C20H17FN2S2. The van der Waals surface area contributed by atoms with Gasteiger partial charge in [0.25, 0.3) is 0 Å². The SMILES string of the molecule is Fc1ccc(CNC(=S)Nc2ccccc2Sc2ccccc2)cc1. The van der Waals surface area contributed by atoms with Gasteiger partial charge in [0.1, 0.15) is 5.82 Å². The van der Waals surface area contributed by atoms with Gasteiger partial charge in [-0.1, -0.05) is 54.2 Å². The van der Waals surface area contributed by atoms with Crippen LogP contribution in [0.4, 0.5) is 10.1 Å². The number of hydrogen-bond acceptors (Lipinski definition) is 2. The first kappa shape index (κ1) is 17.5. The normalized spacial score (nSPS) is 10.3. The van der Waals surface area contributed by atoms with Crippen molar-refractivity contribution in [1.82, 2.24) is 5.32 Å². The second-order valence-corrected chi connectivity index (χ2v) is 6.87. The van der Waals surface area contributed by atoms with E-state index in [1.165, 1.54) is 17.0 Å². The van der Waals surface area contributed by atoms with Crippen LogP contribution in [0.15, 0.2) is 88.7 Å². The molecule has 0 amide bonds. The molecule has 0 fully saturated rings. The van der Waals surface area contributed by atoms with E-state index in [0.717, 1.165) is 16.1 Å². The third kappa shape index (κ3) is 5.31. The molecule has 0 heterocycles. The molecular weight excluding hydrogens is 351 g/mol. The topological polar surface area (TPSA) is 24.1 Å². The van der Waals surface area contributed by atoms with Crippen LogP contribution in [0.25, 0.3) is 0 Å². The molecule has 3 aromatic rings. The molecule has 0 radical (unpaired) electrons. The third-order valence-corrected chi connectivity index (χ3v) is 4.80. The summed E-state index contributed by atoms with van der Waals surface area (Å²) >= 11 is 7.06. The quantitative estimate of drug-likeness (QED) is 0.584. The van der Waals surface area contributed by atoms with Crippen molar-refractivity contribution in [3.05, 3.63) is 90.2 Å². The Morgan fingerprint density at radius 1 is 0.880 bits per heavy atom. The van der Waals surface area contributed by atoms with E-state index in [0.29, 0.717) is 11.7 Å². The Balaban J connectivity index is 1.62. The number of halogens is 1. The van der Waals surface area contributed by atoms with E-state index >= 15 is 0 Å². The van der Waals surface area contributed by atoms with Gasteiger partial charge in [-0.3, -0.25) is 0 Å². The number of rotatable bonds is 5. The van der Waals surface area contributed by atoms with E-state index in [4.69, 9.17) is 12.2 Å². The van der Waals surface area contributed by atoms with Gasteiger partial charge in [-0.2, -0.15) is 0 Å². The van der Waals surface area contributed by atoms with Crippen molar-refractivity contribution in [2.45, 2.75) is 16.3 Å².